The first-order valence-corrected chi connectivity index (χ1v) is 16.1. The number of benzene rings is 2. The molecule has 0 amide bonds. The predicted octanol–water partition coefficient (Wildman–Crippen LogP) is 6.04. The summed E-state index contributed by atoms with van der Waals surface area (Å²) in [6.45, 7) is 3.59. The molecule has 0 aliphatic carbocycles. The molecule has 0 aliphatic rings. The van der Waals surface area contributed by atoms with E-state index in [-0.39, 0.29) is 0 Å². The van der Waals surface area contributed by atoms with E-state index in [0.29, 0.717) is 12.8 Å². The molecule has 0 fully saturated rings. The molecule has 0 saturated carbocycles. The molecule has 196 valence electrons. The average molecular weight is 545 g/mol. The lowest BCUT2D eigenvalue weighted by Crippen LogP contribution is -2.26. The summed E-state index contributed by atoms with van der Waals surface area (Å²) in [6.07, 6.45) is 4.66. The lowest BCUT2D eigenvalue weighted by Gasteiger charge is -2.31. The minimum absolute atomic E-state index is 0.576. The number of hydrogen-bond acceptors (Lipinski definition) is 5. The van der Waals surface area contributed by atoms with Gasteiger partial charge in [0.25, 0.3) is 0 Å². The molecule has 0 radical (unpaired) electrons. The zero-order valence-electron chi connectivity index (χ0n) is 20.4. The van der Waals surface area contributed by atoms with Crippen LogP contribution in [-0.4, -0.2) is 21.3 Å². The molecule has 0 aliphatic heterocycles. The monoisotopic (exact) mass is 544 g/mol. The Hall–Kier alpha value is -0.990. The lowest BCUT2D eigenvalue weighted by atomic mass is 9.91. The van der Waals surface area contributed by atoms with E-state index in [4.69, 9.17) is 20.1 Å². The normalized spacial score (nSPS) is 18.7. The van der Waals surface area contributed by atoms with E-state index >= 15 is 0 Å². The van der Waals surface area contributed by atoms with Crippen LogP contribution in [0.15, 0.2) is 60.7 Å². The van der Waals surface area contributed by atoms with E-state index in [1.54, 1.807) is 13.8 Å². The highest BCUT2D eigenvalue weighted by atomic mass is 32.2. The molecular weight excluding hydrogens is 506 g/mol. The van der Waals surface area contributed by atoms with Crippen LogP contribution in [0.25, 0.3) is 0 Å². The molecule has 0 saturated heterocycles. The van der Waals surface area contributed by atoms with Crippen molar-refractivity contribution in [3.05, 3.63) is 71.8 Å². The van der Waals surface area contributed by atoms with E-state index in [1.165, 1.54) is 0 Å². The van der Waals surface area contributed by atoms with Gasteiger partial charge in [-0.3, -0.25) is 9.05 Å². The first kappa shape index (κ1) is 30.2. The molecule has 0 bridgehead atoms. The Morgan fingerprint density at radius 3 is 1.37 bits per heavy atom. The molecule has 2 rings (SSSR count). The third kappa shape index (κ3) is 11.3. The van der Waals surface area contributed by atoms with Gasteiger partial charge in [0.1, 0.15) is 11.2 Å². The first-order valence-electron chi connectivity index (χ1n) is 11.7. The predicted molar refractivity (Wildman–Crippen MR) is 143 cm³/mol. The summed E-state index contributed by atoms with van der Waals surface area (Å²) in [7, 11) is -8.27. The summed E-state index contributed by atoms with van der Waals surface area (Å²) in [4.78, 5) is 19.2. The Kier molecular flexibility index (Phi) is 11.7. The maximum atomic E-state index is 11.7. The van der Waals surface area contributed by atoms with Crippen LogP contribution >= 0.6 is 27.3 Å². The highest BCUT2D eigenvalue weighted by molar-refractivity contribution is 7.99. The van der Waals surface area contributed by atoms with Gasteiger partial charge in [0.2, 0.25) is 0 Å². The second-order valence-corrected chi connectivity index (χ2v) is 12.9. The second-order valence-electron chi connectivity index (χ2n) is 9.03. The fraction of sp³-hybridized carbons (Fsp3) is 0.500. The quantitative estimate of drug-likeness (QED) is 0.147. The molecule has 0 aromatic heterocycles. The van der Waals surface area contributed by atoms with Crippen LogP contribution < -0.4 is 11.0 Å². The van der Waals surface area contributed by atoms with E-state index in [0.717, 1.165) is 48.3 Å². The van der Waals surface area contributed by atoms with Crippen LogP contribution in [0, 0.1) is 0 Å². The van der Waals surface area contributed by atoms with Gasteiger partial charge in [-0.25, -0.2) is 20.1 Å². The van der Waals surface area contributed by atoms with Crippen molar-refractivity contribution < 1.29 is 28.0 Å². The zero-order valence-corrected chi connectivity index (χ0v) is 23.0. The van der Waals surface area contributed by atoms with Crippen molar-refractivity contribution >= 4 is 27.3 Å². The van der Waals surface area contributed by atoms with Gasteiger partial charge in [0, 0.05) is 0 Å². The molecule has 4 unspecified atom stereocenters. The Bertz CT molecular complexity index is 909. The maximum absolute atomic E-state index is 11.7. The molecule has 8 nitrogen and oxygen atoms in total. The van der Waals surface area contributed by atoms with Gasteiger partial charge in [-0.15, -0.1) is 0 Å². The summed E-state index contributed by atoms with van der Waals surface area (Å²) in [6, 6.07) is 18.7. The van der Waals surface area contributed by atoms with E-state index < -0.39 is 26.7 Å². The summed E-state index contributed by atoms with van der Waals surface area (Å²) < 4.78 is 34.3. The summed E-state index contributed by atoms with van der Waals surface area (Å²) in [5.41, 5.74) is 10.4. The fourth-order valence-electron chi connectivity index (χ4n) is 4.08. The summed E-state index contributed by atoms with van der Waals surface area (Å²) in [5.74, 6) is 1.90. The van der Waals surface area contributed by atoms with Crippen molar-refractivity contribution in [3.8, 4) is 0 Å². The number of thioether (sulfide) groups is 1. The van der Waals surface area contributed by atoms with Crippen molar-refractivity contribution in [2.24, 2.45) is 11.0 Å². The van der Waals surface area contributed by atoms with Crippen molar-refractivity contribution in [2.75, 3.05) is 11.5 Å². The van der Waals surface area contributed by atoms with Crippen LogP contribution in [0.5, 0.6) is 0 Å². The minimum atomic E-state index is -4.13. The van der Waals surface area contributed by atoms with Gasteiger partial charge in [-0.05, 0) is 75.0 Å². The van der Waals surface area contributed by atoms with Gasteiger partial charge in [-0.2, -0.15) is 11.8 Å². The smallest absolute Gasteiger partial charge is 0.313 e. The zero-order chi connectivity index (χ0) is 26.0. The van der Waals surface area contributed by atoms with Crippen LogP contribution in [0.4, 0.5) is 0 Å². The molecular formula is C24H38N2O6P2S. The molecule has 11 heteroatoms. The van der Waals surface area contributed by atoms with Crippen LogP contribution in [-0.2, 0) is 29.4 Å². The third-order valence-electron chi connectivity index (χ3n) is 5.82. The maximum Gasteiger partial charge on any atom is 0.401 e. The number of hydrogen-bond donors (Lipinski definition) is 4. The second kappa shape index (κ2) is 13.5. The van der Waals surface area contributed by atoms with E-state index in [2.05, 4.69) is 0 Å². The van der Waals surface area contributed by atoms with Gasteiger partial charge in [0.15, 0.2) is 0 Å². The Morgan fingerprint density at radius 2 is 1.06 bits per heavy atom. The molecule has 0 heterocycles. The number of rotatable bonds is 16. The molecule has 35 heavy (non-hydrogen) atoms. The minimum Gasteiger partial charge on any atom is -0.313 e. The Balaban J connectivity index is 1.75. The van der Waals surface area contributed by atoms with E-state index in [9.17, 15) is 18.9 Å². The summed E-state index contributed by atoms with van der Waals surface area (Å²) >= 11 is 1.83. The van der Waals surface area contributed by atoms with Gasteiger partial charge in [0.05, 0.1) is 0 Å². The van der Waals surface area contributed by atoms with Gasteiger partial charge < -0.3 is 9.79 Å². The SMILES string of the molecule is CC(CCCCSCCCCC(C)(OP(N)(=O)O)c1ccccc1)(OP(N)(=O)O)c1ccccc1. The van der Waals surface area contributed by atoms with Gasteiger partial charge >= 0.3 is 15.5 Å². The average Bonchev–Trinajstić information content (AvgIpc) is 2.77. The Morgan fingerprint density at radius 1 is 0.714 bits per heavy atom. The molecule has 0 spiro atoms. The van der Waals surface area contributed by atoms with Crippen molar-refractivity contribution in [1.29, 1.82) is 0 Å². The number of unbranched alkanes of at least 4 members (excludes halogenated alkanes) is 2. The largest absolute Gasteiger partial charge is 0.401 e. The molecule has 2 aromatic carbocycles. The highest BCUT2D eigenvalue weighted by Gasteiger charge is 2.34. The summed E-state index contributed by atoms with van der Waals surface area (Å²) in [5, 5.41) is 0. The van der Waals surface area contributed by atoms with Crippen molar-refractivity contribution in [2.45, 2.75) is 63.6 Å². The molecule has 4 atom stereocenters. The fourth-order valence-corrected chi connectivity index (χ4v) is 6.65. The lowest BCUT2D eigenvalue weighted by molar-refractivity contribution is 0.0596. The van der Waals surface area contributed by atoms with Gasteiger partial charge in [-0.1, -0.05) is 60.7 Å². The molecule has 6 N–H and O–H groups in total. The first-order chi connectivity index (χ1) is 16.3. The van der Waals surface area contributed by atoms with Crippen molar-refractivity contribution in [3.63, 3.8) is 0 Å². The van der Waals surface area contributed by atoms with Crippen LogP contribution in [0.2, 0.25) is 0 Å². The molecule has 2 aromatic rings. The third-order valence-corrected chi connectivity index (χ3v) is 8.30. The van der Waals surface area contributed by atoms with Crippen LogP contribution in [0.3, 0.4) is 0 Å². The Labute approximate surface area is 213 Å². The number of nitrogens with two attached hydrogens (primary N) is 2. The van der Waals surface area contributed by atoms with E-state index in [1.807, 2.05) is 72.4 Å². The standard InChI is InChI=1S/C24H38N2O6P2S/c1-23(31-33(25,27)28,21-13-5-3-6-14-21)17-9-11-19-35-20-12-10-18-24(2,32-34(26,29)30)22-15-7-4-8-16-22/h3-8,13-16H,9-12,17-20H2,1-2H3,(H3,25,27,28)(H3,26,29,30). The van der Waals surface area contributed by atoms with Crippen molar-refractivity contribution in [1.82, 2.24) is 0 Å². The highest BCUT2D eigenvalue weighted by Crippen LogP contribution is 2.46. The topological polar surface area (TPSA) is 145 Å². The van der Waals surface area contributed by atoms with Crippen LogP contribution in [0.1, 0.15) is 63.5 Å².